The van der Waals surface area contributed by atoms with E-state index >= 15 is 0 Å². The van der Waals surface area contributed by atoms with Crippen molar-refractivity contribution in [3.63, 3.8) is 0 Å². The highest BCUT2D eigenvalue weighted by atomic mass is 19.3. The van der Waals surface area contributed by atoms with Crippen LogP contribution in [0.3, 0.4) is 0 Å². The van der Waals surface area contributed by atoms with E-state index in [4.69, 9.17) is 0 Å². The number of rotatable bonds is 4. The smallest absolute Gasteiger partial charge is 0.211 e. The largest absolute Gasteiger partial charge is 0.300 e. The summed E-state index contributed by atoms with van der Waals surface area (Å²) in [6.45, 7) is 0. The zero-order chi connectivity index (χ0) is 15.3. The fraction of sp³-hybridized carbons (Fsp3) is 0.0667. The highest BCUT2D eigenvalue weighted by Crippen LogP contribution is 2.44. The monoisotopic (exact) mass is 286 g/mol. The Morgan fingerprint density at radius 2 is 1.52 bits per heavy atom. The molecule has 4 nitrogen and oxygen atoms in total. The lowest BCUT2D eigenvalue weighted by atomic mass is 9.98. The van der Waals surface area contributed by atoms with Crippen molar-refractivity contribution in [2.75, 3.05) is 0 Å². The lowest BCUT2D eigenvalue weighted by molar-refractivity contribution is 0.0435. The molecule has 0 atom stereocenters. The molecule has 6 heteroatoms. The van der Waals surface area contributed by atoms with Gasteiger partial charge in [-0.3, -0.25) is 0 Å². The minimum Gasteiger partial charge on any atom is -0.211 e. The van der Waals surface area contributed by atoms with E-state index in [9.17, 15) is 18.4 Å². The first kappa shape index (κ1) is 14.5. The summed E-state index contributed by atoms with van der Waals surface area (Å²) in [5.41, 5.74) is -1.36. The van der Waals surface area contributed by atoms with Crippen LogP contribution in [-0.2, 0) is 15.5 Å². The van der Waals surface area contributed by atoms with Crippen molar-refractivity contribution in [2.45, 2.75) is 5.92 Å². The Bertz CT molecular complexity index is 748. The van der Waals surface area contributed by atoms with Crippen molar-refractivity contribution in [2.24, 2.45) is 9.98 Å². The fourth-order valence-electron chi connectivity index (χ4n) is 1.89. The Hall–Kier alpha value is -2.94. The van der Waals surface area contributed by atoms with Gasteiger partial charge in [0, 0.05) is 5.56 Å². The summed E-state index contributed by atoms with van der Waals surface area (Å²) in [5.74, 6) is -3.40. The molecule has 0 aliphatic heterocycles. The zero-order valence-corrected chi connectivity index (χ0v) is 10.6. The maximum atomic E-state index is 14.6. The molecule has 0 saturated carbocycles. The standard InChI is InChI=1S/C15H8F2N2O2/c16-15(17,11-5-2-1-3-6-11)12-7-4-8-13(18-9-20)14(12)19-10-21/h1-8H. The highest BCUT2D eigenvalue weighted by molar-refractivity contribution is 5.73. The Labute approximate surface area is 118 Å². The van der Waals surface area contributed by atoms with Crippen molar-refractivity contribution < 1.29 is 18.4 Å². The van der Waals surface area contributed by atoms with Gasteiger partial charge in [-0.15, -0.1) is 0 Å². The summed E-state index contributed by atoms with van der Waals surface area (Å²) < 4.78 is 29.1. The van der Waals surface area contributed by atoms with E-state index in [1.807, 2.05) is 0 Å². The van der Waals surface area contributed by atoms with Gasteiger partial charge in [0.1, 0.15) is 11.4 Å². The molecule has 0 unspecified atom stereocenters. The van der Waals surface area contributed by atoms with Gasteiger partial charge >= 0.3 is 5.92 Å². The van der Waals surface area contributed by atoms with E-state index in [-0.39, 0.29) is 11.3 Å². The van der Waals surface area contributed by atoms with Gasteiger partial charge in [0.2, 0.25) is 12.2 Å². The third-order valence-electron chi connectivity index (χ3n) is 2.81. The van der Waals surface area contributed by atoms with Crippen LogP contribution in [0.2, 0.25) is 0 Å². The Morgan fingerprint density at radius 3 is 2.14 bits per heavy atom. The number of carbonyl (C=O) groups excluding carboxylic acids is 2. The number of benzene rings is 2. The number of hydrogen-bond acceptors (Lipinski definition) is 4. The Kier molecular flexibility index (Phi) is 4.14. The summed E-state index contributed by atoms with van der Waals surface area (Å²) in [6.07, 6.45) is 2.44. The molecular weight excluding hydrogens is 278 g/mol. The van der Waals surface area contributed by atoms with Gasteiger partial charge in [-0.2, -0.15) is 18.8 Å². The third-order valence-corrected chi connectivity index (χ3v) is 2.81. The third kappa shape index (κ3) is 2.82. The molecule has 104 valence electrons. The molecule has 0 aromatic heterocycles. The van der Waals surface area contributed by atoms with Gasteiger partial charge in [-0.25, -0.2) is 9.59 Å². The van der Waals surface area contributed by atoms with Crippen molar-refractivity contribution in [1.29, 1.82) is 0 Å². The predicted octanol–water partition coefficient (Wildman–Crippen LogP) is 3.76. The average molecular weight is 286 g/mol. The summed E-state index contributed by atoms with van der Waals surface area (Å²) in [7, 11) is 0. The summed E-state index contributed by atoms with van der Waals surface area (Å²) in [6, 6.07) is 10.8. The van der Waals surface area contributed by atoms with Gasteiger partial charge < -0.3 is 0 Å². The van der Waals surface area contributed by atoms with Crippen LogP contribution >= 0.6 is 0 Å². The molecule has 0 aliphatic carbocycles. The topological polar surface area (TPSA) is 58.9 Å². The lowest BCUT2D eigenvalue weighted by Gasteiger charge is -2.19. The van der Waals surface area contributed by atoms with Crippen LogP contribution in [0, 0.1) is 0 Å². The maximum Gasteiger partial charge on any atom is 0.300 e. The van der Waals surface area contributed by atoms with Crippen LogP contribution in [-0.4, -0.2) is 12.2 Å². The Morgan fingerprint density at radius 1 is 0.857 bits per heavy atom. The molecule has 21 heavy (non-hydrogen) atoms. The molecule has 0 bridgehead atoms. The second-order valence-corrected chi connectivity index (χ2v) is 4.02. The predicted molar refractivity (Wildman–Crippen MR) is 71.4 cm³/mol. The Balaban J connectivity index is 2.71. The molecule has 0 amide bonds. The quantitative estimate of drug-likeness (QED) is 0.634. The summed E-state index contributed by atoms with van der Waals surface area (Å²) >= 11 is 0. The van der Waals surface area contributed by atoms with Crippen LogP contribution in [0.25, 0.3) is 0 Å². The lowest BCUT2D eigenvalue weighted by Crippen LogP contribution is -2.15. The average Bonchev–Trinajstić information content (AvgIpc) is 2.50. The summed E-state index contributed by atoms with van der Waals surface area (Å²) in [4.78, 5) is 27.4. The molecule has 0 radical (unpaired) electrons. The van der Waals surface area contributed by atoms with Crippen LogP contribution in [0.15, 0.2) is 58.5 Å². The molecule has 0 fully saturated rings. The van der Waals surface area contributed by atoms with E-state index < -0.39 is 17.2 Å². The molecule has 0 saturated heterocycles. The van der Waals surface area contributed by atoms with Crippen LogP contribution < -0.4 is 0 Å². The molecule has 0 aliphatic rings. The first-order valence-corrected chi connectivity index (χ1v) is 5.84. The van der Waals surface area contributed by atoms with Crippen molar-refractivity contribution >= 4 is 23.5 Å². The molecule has 2 aromatic carbocycles. The van der Waals surface area contributed by atoms with Crippen LogP contribution in [0.4, 0.5) is 20.2 Å². The number of aliphatic imine (C=N–C) groups is 2. The summed E-state index contributed by atoms with van der Waals surface area (Å²) in [5, 5.41) is 0. The molecular formula is C15H8F2N2O2. The molecule has 0 N–H and O–H groups in total. The molecule has 2 aromatic rings. The highest BCUT2D eigenvalue weighted by Gasteiger charge is 2.37. The van der Waals surface area contributed by atoms with Gasteiger partial charge in [0.15, 0.2) is 0 Å². The first-order chi connectivity index (χ1) is 10.1. The number of isocyanates is 2. The number of para-hydroxylation sites is 1. The van der Waals surface area contributed by atoms with Crippen LogP contribution in [0.1, 0.15) is 11.1 Å². The minimum atomic E-state index is -3.40. The van der Waals surface area contributed by atoms with Crippen molar-refractivity contribution in [1.82, 2.24) is 0 Å². The zero-order valence-electron chi connectivity index (χ0n) is 10.6. The van der Waals surface area contributed by atoms with E-state index in [1.54, 1.807) is 6.07 Å². The SMILES string of the molecule is O=C=Nc1cccc(C(F)(F)c2ccccc2)c1N=C=O. The number of alkyl halides is 2. The van der Waals surface area contributed by atoms with E-state index in [2.05, 4.69) is 9.98 Å². The van der Waals surface area contributed by atoms with E-state index in [0.717, 1.165) is 6.07 Å². The number of nitrogens with zero attached hydrogens (tertiary/aromatic N) is 2. The fourth-order valence-corrected chi connectivity index (χ4v) is 1.89. The van der Waals surface area contributed by atoms with Crippen molar-refractivity contribution in [3.05, 3.63) is 59.7 Å². The van der Waals surface area contributed by atoms with Gasteiger partial charge in [-0.1, -0.05) is 42.5 Å². The van der Waals surface area contributed by atoms with E-state index in [1.165, 1.54) is 48.6 Å². The molecule has 0 heterocycles. The maximum absolute atomic E-state index is 14.6. The van der Waals surface area contributed by atoms with Gasteiger partial charge in [0.05, 0.1) is 5.56 Å². The van der Waals surface area contributed by atoms with Crippen LogP contribution in [0.5, 0.6) is 0 Å². The number of hydrogen-bond donors (Lipinski definition) is 0. The molecule has 2 rings (SSSR count). The second kappa shape index (κ2) is 6.01. The van der Waals surface area contributed by atoms with E-state index in [0.29, 0.717) is 0 Å². The van der Waals surface area contributed by atoms with Crippen molar-refractivity contribution in [3.8, 4) is 0 Å². The van der Waals surface area contributed by atoms with Gasteiger partial charge in [-0.05, 0) is 6.07 Å². The van der Waals surface area contributed by atoms with Gasteiger partial charge in [0.25, 0.3) is 0 Å². The molecule has 0 spiro atoms. The first-order valence-electron chi connectivity index (χ1n) is 5.84. The second-order valence-electron chi connectivity index (χ2n) is 4.02. The number of halogens is 2. The minimum absolute atomic E-state index is 0.165. The normalized spacial score (nSPS) is 10.4.